The second-order valence-electron chi connectivity index (χ2n) is 5.56. The highest BCUT2D eigenvalue weighted by Gasteiger charge is 2.21. The molecule has 0 unspecified atom stereocenters. The summed E-state index contributed by atoms with van der Waals surface area (Å²) in [7, 11) is 0. The number of pyridine rings is 1. The number of aromatic nitrogens is 1. The van der Waals surface area contributed by atoms with Crippen molar-refractivity contribution in [1.82, 2.24) is 4.98 Å². The highest BCUT2D eigenvalue weighted by molar-refractivity contribution is 6.31. The van der Waals surface area contributed by atoms with Crippen molar-refractivity contribution in [2.45, 2.75) is 13.5 Å². The van der Waals surface area contributed by atoms with Crippen LogP contribution in [0.15, 0.2) is 47.3 Å². The molecule has 0 fully saturated rings. The van der Waals surface area contributed by atoms with Crippen LogP contribution in [0.5, 0.6) is 0 Å². The van der Waals surface area contributed by atoms with Gasteiger partial charge in [-0.3, -0.25) is 4.79 Å². The molecule has 7 heteroatoms. The summed E-state index contributed by atoms with van der Waals surface area (Å²) in [6, 6.07) is 11.2. The first kappa shape index (κ1) is 17.9. The number of halogens is 2. The van der Waals surface area contributed by atoms with Crippen LogP contribution < -0.4 is 10.9 Å². The van der Waals surface area contributed by atoms with Crippen LogP contribution in [-0.2, 0) is 11.3 Å². The number of carbonyl (C=O) groups is 1. The normalized spacial score (nSPS) is 10.7. The number of carbonyl (C=O) groups excluding carboxylic acids is 1. The van der Waals surface area contributed by atoms with Gasteiger partial charge in [-0.15, -0.1) is 0 Å². The smallest absolute Gasteiger partial charge is 0.345 e. The highest BCUT2D eigenvalue weighted by Crippen LogP contribution is 2.27. The van der Waals surface area contributed by atoms with Crippen LogP contribution in [0.3, 0.4) is 0 Å². The summed E-state index contributed by atoms with van der Waals surface area (Å²) >= 11 is 5.99. The monoisotopic (exact) mass is 374 g/mol. The fourth-order valence-electron chi connectivity index (χ4n) is 2.68. The quantitative estimate of drug-likeness (QED) is 0.659. The van der Waals surface area contributed by atoms with Crippen molar-refractivity contribution in [2.75, 3.05) is 11.9 Å². The Bertz CT molecular complexity index is 1030. The Morgan fingerprint density at radius 2 is 2.04 bits per heavy atom. The second kappa shape index (κ2) is 7.58. The molecule has 0 aliphatic rings. The average molecular weight is 375 g/mol. The molecule has 3 rings (SSSR count). The van der Waals surface area contributed by atoms with Gasteiger partial charge in [-0.2, -0.15) is 0 Å². The summed E-state index contributed by atoms with van der Waals surface area (Å²) in [5.41, 5.74) is 0.394. The van der Waals surface area contributed by atoms with E-state index in [1.165, 1.54) is 6.07 Å². The number of ether oxygens (including phenoxy) is 1. The molecule has 0 atom stereocenters. The molecule has 0 saturated heterocycles. The lowest BCUT2D eigenvalue weighted by molar-refractivity contribution is 0.0525. The van der Waals surface area contributed by atoms with Crippen LogP contribution in [0, 0.1) is 5.82 Å². The van der Waals surface area contributed by atoms with E-state index in [1.807, 2.05) is 0 Å². The molecule has 2 aromatic carbocycles. The molecule has 0 aliphatic carbocycles. The van der Waals surface area contributed by atoms with Crippen LogP contribution in [0.1, 0.15) is 22.8 Å². The van der Waals surface area contributed by atoms with Gasteiger partial charge in [0.15, 0.2) is 0 Å². The van der Waals surface area contributed by atoms with Gasteiger partial charge in [-0.05, 0) is 31.2 Å². The molecule has 0 radical (unpaired) electrons. The van der Waals surface area contributed by atoms with Gasteiger partial charge in [0.05, 0.1) is 17.8 Å². The minimum absolute atomic E-state index is 0.0975. The minimum atomic E-state index is -0.748. The van der Waals surface area contributed by atoms with Gasteiger partial charge >= 0.3 is 5.97 Å². The van der Waals surface area contributed by atoms with E-state index in [4.69, 9.17) is 16.3 Å². The summed E-state index contributed by atoms with van der Waals surface area (Å²) < 4.78 is 18.9. The summed E-state index contributed by atoms with van der Waals surface area (Å²) in [4.78, 5) is 27.4. The molecule has 1 aromatic heterocycles. The fourth-order valence-corrected chi connectivity index (χ4v) is 2.85. The molecule has 0 aliphatic heterocycles. The van der Waals surface area contributed by atoms with Gasteiger partial charge in [0, 0.05) is 22.5 Å². The zero-order valence-corrected chi connectivity index (χ0v) is 14.7. The van der Waals surface area contributed by atoms with Gasteiger partial charge in [0.25, 0.3) is 5.56 Å². The van der Waals surface area contributed by atoms with Crippen molar-refractivity contribution in [3.8, 4) is 0 Å². The van der Waals surface area contributed by atoms with E-state index in [9.17, 15) is 14.0 Å². The fraction of sp³-hybridized carbons (Fsp3) is 0.158. The number of rotatable bonds is 5. The van der Waals surface area contributed by atoms with Gasteiger partial charge in [0.2, 0.25) is 0 Å². The maximum Gasteiger partial charge on any atom is 0.345 e. The van der Waals surface area contributed by atoms with Gasteiger partial charge in [0.1, 0.15) is 11.4 Å². The van der Waals surface area contributed by atoms with E-state index >= 15 is 0 Å². The summed E-state index contributed by atoms with van der Waals surface area (Å²) in [5.74, 6) is -1.13. The predicted octanol–water partition coefficient (Wildman–Crippen LogP) is 4.11. The third-order valence-electron chi connectivity index (χ3n) is 3.87. The third-order valence-corrected chi connectivity index (χ3v) is 4.10. The second-order valence-corrected chi connectivity index (χ2v) is 6.00. The van der Waals surface area contributed by atoms with Crippen molar-refractivity contribution in [3.63, 3.8) is 0 Å². The minimum Gasteiger partial charge on any atom is -0.462 e. The molecule has 3 aromatic rings. The Labute approximate surface area is 153 Å². The van der Waals surface area contributed by atoms with Crippen molar-refractivity contribution in [2.24, 2.45) is 0 Å². The van der Waals surface area contributed by atoms with Crippen LogP contribution in [-0.4, -0.2) is 17.6 Å². The van der Waals surface area contributed by atoms with Gasteiger partial charge < -0.3 is 15.0 Å². The predicted molar refractivity (Wildman–Crippen MR) is 99.3 cm³/mol. The van der Waals surface area contributed by atoms with E-state index in [1.54, 1.807) is 43.3 Å². The number of aromatic amines is 1. The Morgan fingerprint density at radius 3 is 2.77 bits per heavy atom. The zero-order chi connectivity index (χ0) is 18.7. The Hall–Kier alpha value is -2.86. The molecular weight excluding hydrogens is 359 g/mol. The van der Waals surface area contributed by atoms with E-state index < -0.39 is 11.5 Å². The molecule has 2 N–H and O–H groups in total. The highest BCUT2D eigenvalue weighted by atomic mass is 35.5. The van der Waals surface area contributed by atoms with Crippen molar-refractivity contribution >= 4 is 34.2 Å². The molecule has 1 heterocycles. The Morgan fingerprint density at radius 1 is 1.27 bits per heavy atom. The zero-order valence-electron chi connectivity index (χ0n) is 13.9. The van der Waals surface area contributed by atoms with Crippen LogP contribution in [0.2, 0.25) is 5.02 Å². The molecule has 0 amide bonds. The lowest BCUT2D eigenvalue weighted by Crippen LogP contribution is -2.23. The standard InChI is InChI=1S/C19H16ClFN2O3/c1-2-26-19(25)16-17(22-10-11-5-3-4-6-14(11)21)13-8-7-12(20)9-15(13)23-18(16)24/h3-9H,2,10H2,1H3,(H2,22,23,24). The number of benzene rings is 2. The Balaban J connectivity index is 2.13. The van der Waals surface area contributed by atoms with Crippen LogP contribution in [0.25, 0.3) is 10.9 Å². The summed E-state index contributed by atoms with van der Waals surface area (Å²) in [6.07, 6.45) is 0. The third kappa shape index (κ3) is 3.55. The largest absolute Gasteiger partial charge is 0.462 e. The number of nitrogens with one attached hydrogen (secondary N) is 2. The number of H-pyrrole nitrogens is 1. The summed E-state index contributed by atoms with van der Waals surface area (Å²) in [5, 5.41) is 4.03. The maximum absolute atomic E-state index is 13.9. The number of fused-ring (bicyclic) bond motifs is 1. The van der Waals surface area contributed by atoms with Gasteiger partial charge in [-0.1, -0.05) is 29.8 Å². The molecule has 0 spiro atoms. The number of hydrogen-bond acceptors (Lipinski definition) is 4. The maximum atomic E-state index is 13.9. The van der Waals surface area contributed by atoms with Gasteiger partial charge in [-0.25, -0.2) is 9.18 Å². The molecular formula is C19H16ClFN2O3. The topological polar surface area (TPSA) is 71.2 Å². The molecule has 26 heavy (non-hydrogen) atoms. The molecule has 0 bridgehead atoms. The Kier molecular flexibility index (Phi) is 5.23. The van der Waals surface area contributed by atoms with E-state index in [0.717, 1.165) is 0 Å². The van der Waals surface area contributed by atoms with E-state index in [-0.39, 0.29) is 30.2 Å². The molecule has 0 saturated carbocycles. The summed E-state index contributed by atoms with van der Waals surface area (Å²) in [6.45, 7) is 1.88. The van der Waals surface area contributed by atoms with E-state index in [2.05, 4.69) is 10.3 Å². The first-order valence-electron chi connectivity index (χ1n) is 8.01. The first-order chi connectivity index (χ1) is 12.5. The SMILES string of the molecule is CCOC(=O)c1c(NCc2ccccc2F)c2ccc(Cl)cc2[nH]c1=O. The average Bonchev–Trinajstić information content (AvgIpc) is 2.60. The number of anilines is 1. The van der Waals surface area contributed by atoms with Crippen LogP contribution >= 0.6 is 11.6 Å². The number of esters is 1. The van der Waals surface area contributed by atoms with Crippen molar-refractivity contribution in [1.29, 1.82) is 0 Å². The van der Waals surface area contributed by atoms with Crippen molar-refractivity contribution in [3.05, 3.63) is 74.8 Å². The first-order valence-corrected chi connectivity index (χ1v) is 8.39. The van der Waals surface area contributed by atoms with Crippen molar-refractivity contribution < 1.29 is 13.9 Å². The molecule has 5 nitrogen and oxygen atoms in total. The lowest BCUT2D eigenvalue weighted by Gasteiger charge is -2.14. The lowest BCUT2D eigenvalue weighted by atomic mass is 10.1. The van der Waals surface area contributed by atoms with Crippen LogP contribution in [0.4, 0.5) is 10.1 Å². The number of hydrogen-bond donors (Lipinski definition) is 2. The van der Waals surface area contributed by atoms with E-state index in [0.29, 0.717) is 21.5 Å². The molecule has 134 valence electrons.